The topological polar surface area (TPSA) is 29.5 Å². The van der Waals surface area contributed by atoms with Gasteiger partial charge < -0.3 is 9.64 Å². The first-order valence-electron chi connectivity index (χ1n) is 7.92. The van der Waals surface area contributed by atoms with Crippen LogP contribution in [0.25, 0.3) is 10.8 Å². The van der Waals surface area contributed by atoms with Crippen molar-refractivity contribution in [2.45, 2.75) is 6.42 Å². The van der Waals surface area contributed by atoms with Crippen LogP contribution in [0.1, 0.15) is 5.56 Å². The van der Waals surface area contributed by atoms with Gasteiger partial charge >= 0.3 is 0 Å². The first-order valence-corrected chi connectivity index (χ1v) is 8.71. The molecule has 0 saturated heterocycles. The Balaban J connectivity index is 1.51. The van der Waals surface area contributed by atoms with E-state index in [0.717, 1.165) is 33.9 Å². The third kappa shape index (κ3) is 2.67. The summed E-state index contributed by atoms with van der Waals surface area (Å²) < 4.78 is 6.68. The summed E-state index contributed by atoms with van der Waals surface area (Å²) >= 11 is 3.59. The van der Waals surface area contributed by atoms with Crippen molar-refractivity contribution in [3.63, 3.8) is 0 Å². The van der Waals surface area contributed by atoms with Crippen molar-refractivity contribution >= 4 is 38.3 Å². The average molecular weight is 382 g/mol. The minimum absolute atomic E-state index is 0.0139. The zero-order valence-corrected chi connectivity index (χ0v) is 14.6. The standard InChI is InChI=1S/C20H16BrNO2/c21-20-16-7-3-1-5-14(16)9-10-18(20)24-13-19(23)22-12-11-15-6-2-4-8-17(15)22/h1-10H,11-13H2. The first kappa shape index (κ1) is 15.2. The molecule has 0 unspecified atom stereocenters. The zero-order chi connectivity index (χ0) is 16.5. The molecule has 4 heteroatoms. The molecule has 0 fully saturated rings. The van der Waals surface area contributed by atoms with Crippen molar-refractivity contribution in [3.8, 4) is 5.75 Å². The lowest BCUT2D eigenvalue weighted by Gasteiger charge is -2.18. The van der Waals surface area contributed by atoms with Crippen molar-refractivity contribution in [2.24, 2.45) is 0 Å². The third-order valence-electron chi connectivity index (χ3n) is 4.37. The van der Waals surface area contributed by atoms with E-state index in [1.165, 1.54) is 5.56 Å². The number of benzene rings is 3. The number of amides is 1. The van der Waals surface area contributed by atoms with E-state index in [0.29, 0.717) is 5.75 Å². The number of halogens is 1. The summed E-state index contributed by atoms with van der Waals surface area (Å²) in [7, 11) is 0. The zero-order valence-electron chi connectivity index (χ0n) is 13.0. The molecule has 0 radical (unpaired) electrons. The summed E-state index contributed by atoms with van der Waals surface area (Å²) in [6.45, 7) is 0.756. The van der Waals surface area contributed by atoms with Crippen LogP contribution in [-0.2, 0) is 11.2 Å². The Bertz CT molecular complexity index is 922. The van der Waals surface area contributed by atoms with Gasteiger partial charge in [0.2, 0.25) is 0 Å². The van der Waals surface area contributed by atoms with Gasteiger partial charge in [-0.05, 0) is 50.8 Å². The lowest BCUT2D eigenvalue weighted by Crippen LogP contribution is -2.33. The molecule has 120 valence electrons. The smallest absolute Gasteiger partial charge is 0.264 e. The van der Waals surface area contributed by atoms with Crippen LogP contribution in [0.2, 0.25) is 0 Å². The summed E-state index contributed by atoms with van der Waals surface area (Å²) in [5.74, 6) is 0.676. The highest BCUT2D eigenvalue weighted by Gasteiger charge is 2.24. The molecule has 0 bridgehead atoms. The number of ether oxygens (including phenoxy) is 1. The molecule has 0 atom stereocenters. The van der Waals surface area contributed by atoms with Gasteiger partial charge in [0.15, 0.2) is 6.61 Å². The Labute approximate surface area is 149 Å². The van der Waals surface area contributed by atoms with Crippen molar-refractivity contribution in [1.29, 1.82) is 0 Å². The Morgan fingerprint density at radius 3 is 2.75 bits per heavy atom. The second kappa shape index (κ2) is 6.29. The molecule has 0 spiro atoms. The molecule has 24 heavy (non-hydrogen) atoms. The van der Waals surface area contributed by atoms with Crippen LogP contribution in [0, 0.1) is 0 Å². The monoisotopic (exact) mass is 381 g/mol. The molecule has 1 heterocycles. The van der Waals surface area contributed by atoms with Crippen LogP contribution in [0.5, 0.6) is 5.75 Å². The summed E-state index contributed by atoms with van der Waals surface area (Å²) in [5, 5.41) is 2.21. The maximum atomic E-state index is 12.5. The van der Waals surface area contributed by atoms with E-state index in [2.05, 4.69) is 28.1 Å². The Kier molecular flexibility index (Phi) is 3.98. The van der Waals surface area contributed by atoms with Gasteiger partial charge in [-0.25, -0.2) is 0 Å². The maximum absolute atomic E-state index is 12.5. The second-order valence-electron chi connectivity index (χ2n) is 5.81. The largest absolute Gasteiger partial charge is 0.483 e. The molecule has 0 N–H and O–H groups in total. The van der Waals surface area contributed by atoms with Gasteiger partial charge in [0, 0.05) is 12.2 Å². The molecule has 0 aromatic heterocycles. The summed E-state index contributed by atoms with van der Waals surface area (Å²) in [4.78, 5) is 14.4. The number of hydrogen-bond donors (Lipinski definition) is 0. The molecule has 0 saturated carbocycles. The summed E-state index contributed by atoms with van der Waals surface area (Å²) in [5.41, 5.74) is 2.22. The number of para-hydroxylation sites is 1. The molecular weight excluding hydrogens is 366 g/mol. The lowest BCUT2D eigenvalue weighted by molar-refractivity contribution is -0.120. The van der Waals surface area contributed by atoms with Crippen molar-refractivity contribution in [3.05, 3.63) is 70.7 Å². The number of hydrogen-bond acceptors (Lipinski definition) is 2. The summed E-state index contributed by atoms with van der Waals surface area (Å²) in [6.07, 6.45) is 0.904. The minimum atomic E-state index is -0.0139. The van der Waals surface area contributed by atoms with E-state index in [-0.39, 0.29) is 12.5 Å². The second-order valence-corrected chi connectivity index (χ2v) is 6.60. The van der Waals surface area contributed by atoms with Crippen molar-refractivity contribution in [1.82, 2.24) is 0 Å². The average Bonchev–Trinajstić information content (AvgIpc) is 3.05. The number of rotatable bonds is 3. The number of anilines is 1. The summed E-state index contributed by atoms with van der Waals surface area (Å²) in [6, 6.07) is 20.0. The Morgan fingerprint density at radius 2 is 1.83 bits per heavy atom. The number of fused-ring (bicyclic) bond motifs is 2. The molecule has 1 amide bonds. The molecule has 1 aliphatic rings. The van der Waals surface area contributed by atoms with Gasteiger partial charge in [0.05, 0.1) is 4.47 Å². The normalized spacial score (nSPS) is 13.1. The van der Waals surface area contributed by atoms with Crippen molar-refractivity contribution in [2.75, 3.05) is 18.1 Å². The Morgan fingerprint density at radius 1 is 1.04 bits per heavy atom. The number of nitrogens with zero attached hydrogens (tertiary/aromatic N) is 1. The molecular formula is C20H16BrNO2. The van der Waals surface area contributed by atoms with Crippen molar-refractivity contribution < 1.29 is 9.53 Å². The number of carbonyl (C=O) groups excluding carboxylic acids is 1. The van der Waals surface area contributed by atoms with Crippen LogP contribution < -0.4 is 9.64 Å². The van der Waals surface area contributed by atoms with E-state index in [4.69, 9.17) is 4.74 Å². The van der Waals surface area contributed by atoms with E-state index >= 15 is 0 Å². The Hall–Kier alpha value is -2.33. The third-order valence-corrected chi connectivity index (χ3v) is 5.19. The van der Waals surface area contributed by atoms with Crippen LogP contribution >= 0.6 is 15.9 Å². The van der Waals surface area contributed by atoms with E-state index in [1.54, 1.807) is 0 Å². The van der Waals surface area contributed by atoms with Gasteiger partial charge in [0.25, 0.3) is 5.91 Å². The van der Waals surface area contributed by atoms with Gasteiger partial charge in [0.1, 0.15) is 5.75 Å². The fraction of sp³-hybridized carbons (Fsp3) is 0.150. The number of carbonyl (C=O) groups is 1. The predicted octanol–water partition coefficient (Wildman–Crippen LogP) is 4.57. The maximum Gasteiger partial charge on any atom is 0.264 e. The highest BCUT2D eigenvalue weighted by atomic mass is 79.9. The minimum Gasteiger partial charge on any atom is -0.483 e. The molecule has 1 aliphatic heterocycles. The molecule has 3 aromatic rings. The van der Waals surface area contributed by atoms with Crippen LogP contribution in [0.3, 0.4) is 0 Å². The van der Waals surface area contributed by atoms with Gasteiger partial charge in [-0.1, -0.05) is 48.5 Å². The lowest BCUT2D eigenvalue weighted by atomic mass is 10.1. The first-order chi connectivity index (χ1) is 11.7. The van der Waals surface area contributed by atoms with Crippen LogP contribution in [0.4, 0.5) is 5.69 Å². The van der Waals surface area contributed by atoms with Crippen LogP contribution in [0.15, 0.2) is 65.1 Å². The molecule has 3 nitrogen and oxygen atoms in total. The predicted molar refractivity (Wildman–Crippen MR) is 99.6 cm³/mol. The molecule has 4 rings (SSSR count). The van der Waals surface area contributed by atoms with Gasteiger partial charge in [-0.3, -0.25) is 4.79 Å². The van der Waals surface area contributed by atoms with E-state index in [9.17, 15) is 4.79 Å². The fourth-order valence-electron chi connectivity index (χ4n) is 3.14. The van der Waals surface area contributed by atoms with E-state index in [1.807, 2.05) is 53.4 Å². The van der Waals surface area contributed by atoms with Gasteiger partial charge in [-0.2, -0.15) is 0 Å². The molecule has 3 aromatic carbocycles. The van der Waals surface area contributed by atoms with E-state index < -0.39 is 0 Å². The highest BCUT2D eigenvalue weighted by Crippen LogP contribution is 2.33. The molecule has 0 aliphatic carbocycles. The highest BCUT2D eigenvalue weighted by molar-refractivity contribution is 9.10. The van der Waals surface area contributed by atoms with Gasteiger partial charge in [-0.15, -0.1) is 0 Å². The SMILES string of the molecule is O=C(COc1ccc2ccccc2c1Br)N1CCc2ccccc21. The quantitative estimate of drug-likeness (QED) is 0.664. The van der Waals surface area contributed by atoms with Crippen LogP contribution in [-0.4, -0.2) is 19.1 Å². The fourth-order valence-corrected chi connectivity index (χ4v) is 3.75.